The molecule has 92 valence electrons. The molecule has 0 atom stereocenters. The van der Waals surface area contributed by atoms with E-state index >= 15 is 0 Å². The zero-order chi connectivity index (χ0) is 13.3. The van der Waals surface area contributed by atoms with E-state index in [4.69, 9.17) is 10.8 Å². The molecule has 0 unspecified atom stereocenters. The maximum Gasteiger partial charge on any atom is 0.339 e. The standard InChI is InChI=1S/C14H14N2O2/c1-8-4-3-5-11(9(8)2)10-6-12(14(17)18)13(15)16-7-10/h3-7H,1-2H3,(H2,15,16)(H,17,18). The van der Waals surface area contributed by atoms with E-state index in [2.05, 4.69) is 4.98 Å². The molecule has 0 aliphatic heterocycles. The Hall–Kier alpha value is -2.36. The quantitative estimate of drug-likeness (QED) is 0.848. The summed E-state index contributed by atoms with van der Waals surface area (Å²) in [5.41, 5.74) is 9.59. The van der Waals surface area contributed by atoms with Crippen molar-refractivity contribution in [3.05, 3.63) is 47.2 Å². The van der Waals surface area contributed by atoms with Crippen LogP contribution >= 0.6 is 0 Å². The van der Waals surface area contributed by atoms with Gasteiger partial charge in [-0.15, -0.1) is 0 Å². The van der Waals surface area contributed by atoms with Crippen LogP contribution in [0.2, 0.25) is 0 Å². The molecule has 4 heteroatoms. The van der Waals surface area contributed by atoms with Crippen molar-refractivity contribution in [2.75, 3.05) is 5.73 Å². The van der Waals surface area contributed by atoms with E-state index in [0.717, 1.165) is 22.3 Å². The normalized spacial score (nSPS) is 10.3. The average molecular weight is 242 g/mol. The summed E-state index contributed by atoms with van der Waals surface area (Å²) >= 11 is 0. The fraction of sp³-hybridized carbons (Fsp3) is 0.143. The van der Waals surface area contributed by atoms with E-state index in [0.29, 0.717) is 0 Å². The first-order valence-electron chi connectivity index (χ1n) is 5.56. The third-order valence-corrected chi connectivity index (χ3v) is 3.06. The summed E-state index contributed by atoms with van der Waals surface area (Å²) in [4.78, 5) is 15.0. The smallest absolute Gasteiger partial charge is 0.339 e. The van der Waals surface area contributed by atoms with E-state index in [1.807, 2.05) is 32.0 Å². The second-order valence-electron chi connectivity index (χ2n) is 4.21. The number of carboxylic acid groups (broad SMARTS) is 1. The molecule has 1 aromatic carbocycles. The predicted octanol–water partition coefficient (Wildman–Crippen LogP) is 2.65. The molecular formula is C14H14N2O2. The molecule has 0 saturated heterocycles. The molecule has 4 nitrogen and oxygen atoms in total. The van der Waals surface area contributed by atoms with Gasteiger partial charge in [-0.2, -0.15) is 0 Å². The van der Waals surface area contributed by atoms with Crippen molar-refractivity contribution in [2.24, 2.45) is 0 Å². The number of carbonyl (C=O) groups is 1. The van der Waals surface area contributed by atoms with E-state index < -0.39 is 5.97 Å². The van der Waals surface area contributed by atoms with Crippen molar-refractivity contribution >= 4 is 11.8 Å². The van der Waals surface area contributed by atoms with Gasteiger partial charge in [0.2, 0.25) is 0 Å². The van der Waals surface area contributed by atoms with E-state index in [-0.39, 0.29) is 11.4 Å². The van der Waals surface area contributed by atoms with Crippen molar-refractivity contribution in [2.45, 2.75) is 13.8 Å². The number of rotatable bonds is 2. The minimum Gasteiger partial charge on any atom is -0.478 e. The van der Waals surface area contributed by atoms with Gasteiger partial charge in [-0.3, -0.25) is 0 Å². The van der Waals surface area contributed by atoms with Crippen molar-refractivity contribution in [3.63, 3.8) is 0 Å². The van der Waals surface area contributed by atoms with Gasteiger partial charge >= 0.3 is 5.97 Å². The first-order valence-corrected chi connectivity index (χ1v) is 5.56. The lowest BCUT2D eigenvalue weighted by Crippen LogP contribution is -2.04. The fourth-order valence-electron chi connectivity index (χ4n) is 1.86. The van der Waals surface area contributed by atoms with Crippen LogP contribution in [0.1, 0.15) is 21.5 Å². The third-order valence-electron chi connectivity index (χ3n) is 3.06. The number of hydrogen-bond acceptors (Lipinski definition) is 3. The van der Waals surface area contributed by atoms with Crippen molar-refractivity contribution in [1.29, 1.82) is 0 Å². The Kier molecular flexibility index (Phi) is 3.02. The number of nitrogen functional groups attached to an aromatic ring is 1. The lowest BCUT2D eigenvalue weighted by molar-refractivity contribution is 0.0697. The summed E-state index contributed by atoms with van der Waals surface area (Å²) in [6.45, 7) is 4.02. The number of benzene rings is 1. The molecule has 0 radical (unpaired) electrons. The SMILES string of the molecule is Cc1cccc(-c2cnc(N)c(C(=O)O)c2)c1C. The van der Waals surface area contributed by atoms with Gasteiger partial charge in [0.1, 0.15) is 11.4 Å². The molecule has 2 rings (SSSR count). The summed E-state index contributed by atoms with van der Waals surface area (Å²) in [6.07, 6.45) is 1.60. The van der Waals surface area contributed by atoms with Gasteiger partial charge in [0, 0.05) is 11.8 Å². The molecule has 1 heterocycles. The van der Waals surface area contributed by atoms with Crippen LogP contribution in [0.15, 0.2) is 30.5 Å². The van der Waals surface area contributed by atoms with Crippen LogP contribution in [0.4, 0.5) is 5.82 Å². The lowest BCUT2D eigenvalue weighted by Gasteiger charge is -2.09. The van der Waals surface area contributed by atoms with Gasteiger partial charge in [-0.25, -0.2) is 9.78 Å². The highest BCUT2D eigenvalue weighted by atomic mass is 16.4. The van der Waals surface area contributed by atoms with Crippen molar-refractivity contribution in [1.82, 2.24) is 4.98 Å². The van der Waals surface area contributed by atoms with E-state index in [9.17, 15) is 4.79 Å². The minimum atomic E-state index is -1.06. The number of hydrogen-bond donors (Lipinski definition) is 2. The number of nitrogens with zero attached hydrogens (tertiary/aromatic N) is 1. The molecular weight excluding hydrogens is 228 g/mol. The monoisotopic (exact) mass is 242 g/mol. The average Bonchev–Trinajstić information content (AvgIpc) is 2.33. The maximum atomic E-state index is 11.0. The molecule has 0 spiro atoms. The maximum absolute atomic E-state index is 11.0. The molecule has 0 aliphatic carbocycles. The Labute approximate surface area is 105 Å². The molecule has 0 saturated carbocycles. The first-order chi connectivity index (χ1) is 8.50. The number of pyridine rings is 1. The Balaban J connectivity index is 2.62. The van der Waals surface area contributed by atoms with Crippen molar-refractivity contribution in [3.8, 4) is 11.1 Å². The van der Waals surface area contributed by atoms with E-state index in [1.54, 1.807) is 12.3 Å². The van der Waals surface area contributed by atoms with Crippen LogP contribution in [-0.2, 0) is 0 Å². The first kappa shape index (κ1) is 12.1. The lowest BCUT2D eigenvalue weighted by atomic mass is 9.97. The van der Waals surface area contributed by atoms with Crippen LogP contribution in [-0.4, -0.2) is 16.1 Å². The van der Waals surface area contributed by atoms with Crippen LogP contribution in [0.25, 0.3) is 11.1 Å². The Bertz CT molecular complexity index is 621. The number of aromatic nitrogens is 1. The molecule has 0 bridgehead atoms. The third kappa shape index (κ3) is 2.05. The predicted molar refractivity (Wildman–Crippen MR) is 70.5 cm³/mol. The molecule has 18 heavy (non-hydrogen) atoms. The summed E-state index contributed by atoms with van der Waals surface area (Å²) in [7, 11) is 0. The van der Waals surface area contributed by atoms with Crippen LogP contribution in [0.3, 0.4) is 0 Å². The molecule has 1 aromatic heterocycles. The largest absolute Gasteiger partial charge is 0.478 e. The zero-order valence-corrected chi connectivity index (χ0v) is 10.3. The number of aromatic carboxylic acids is 1. The molecule has 0 amide bonds. The Morgan fingerprint density at radius 3 is 2.72 bits per heavy atom. The van der Waals surface area contributed by atoms with Crippen LogP contribution < -0.4 is 5.73 Å². The van der Waals surface area contributed by atoms with Gasteiger partial charge in [0.05, 0.1) is 0 Å². The fourth-order valence-corrected chi connectivity index (χ4v) is 1.86. The van der Waals surface area contributed by atoms with Gasteiger partial charge in [0.15, 0.2) is 0 Å². The number of nitrogens with two attached hydrogens (primary N) is 1. The second-order valence-corrected chi connectivity index (χ2v) is 4.21. The zero-order valence-electron chi connectivity index (χ0n) is 10.3. The van der Waals surface area contributed by atoms with Crippen LogP contribution in [0, 0.1) is 13.8 Å². The second kappa shape index (κ2) is 4.49. The van der Waals surface area contributed by atoms with Gasteiger partial charge in [-0.1, -0.05) is 18.2 Å². The van der Waals surface area contributed by atoms with Crippen LogP contribution in [0.5, 0.6) is 0 Å². The van der Waals surface area contributed by atoms with Gasteiger partial charge < -0.3 is 10.8 Å². The molecule has 0 aliphatic rings. The number of aryl methyl sites for hydroxylation is 1. The number of carboxylic acids is 1. The minimum absolute atomic E-state index is 0.0356. The highest BCUT2D eigenvalue weighted by molar-refractivity contribution is 5.94. The topological polar surface area (TPSA) is 76.2 Å². The summed E-state index contributed by atoms with van der Waals surface area (Å²) < 4.78 is 0. The highest BCUT2D eigenvalue weighted by Gasteiger charge is 2.12. The Morgan fingerprint density at radius 1 is 1.33 bits per heavy atom. The number of anilines is 1. The van der Waals surface area contributed by atoms with Gasteiger partial charge in [0.25, 0.3) is 0 Å². The molecule has 0 fully saturated rings. The summed E-state index contributed by atoms with van der Waals surface area (Å²) in [5.74, 6) is -1.02. The van der Waals surface area contributed by atoms with E-state index in [1.165, 1.54) is 0 Å². The Morgan fingerprint density at radius 2 is 2.06 bits per heavy atom. The van der Waals surface area contributed by atoms with Crippen molar-refractivity contribution < 1.29 is 9.90 Å². The summed E-state index contributed by atoms with van der Waals surface area (Å²) in [5, 5.41) is 9.04. The molecule has 2 aromatic rings. The highest BCUT2D eigenvalue weighted by Crippen LogP contribution is 2.26. The summed E-state index contributed by atoms with van der Waals surface area (Å²) in [6, 6.07) is 7.46. The van der Waals surface area contributed by atoms with Gasteiger partial charge in [-0.05, 0) is 36.6 Å². The molecule has 3 N–H and O–H groups in total.